The Kier molecular flexibility index (Phi) is 8.15. The minimum absolute atomic E-state index is 0.142. The van der Waals surface area contributed by atoms with Crippen molar-refractivity contribution in [3.63, 3.8) is 0 Å². The molecule has 0 aliphatic carbocycles. The highest BCUT2D eigenvalue weighted by Gasteiger charge is 2.18. The molecule has 0 saturated carbocycles. The Balaban J connectivity index is 1.56. The molecule has 0 bridgehead atoms. The summed E-state index contributed by atoms with van der Waals surface area (Å²) in [6.45, 7) is 2.22. The van der Waals surface area contributed by atoms with Gasteiger partial charge >= 0.3 is 6.03 Å². The fourth-order valence-corrected chi connectivity index (χ4v) is 4.86. The number of hydrogen-bond donors (Lipinski definition) is 2. The number of carbonyl (C=O) groups is 1. The van der Waals surface area contributed by atoms with Gasteiger partial charge in [-0.15, -0.1) is 10.2 Å². The SMILES string of the molecule is Cc1ccccc1CSc1nnc(CNC(=O)Nc2ccc(Br)cc2)n1-c1cc(Cl)ccc1Cl. The van der Waals surface area contributed by atoms with Crippen molar-refractivity contribution >= 4 is 62.6 Å². The third-order valence-corrected chi connectivity index (χ3v) is 7.04. The Morgan fingerprint density at radius 3 is 2.59 bits per heavy atom. The van der Waals surface area contributed by atoms with Crippen molar-refractivity contribution in [2.24, 2.45) is 0 Å². The van der Waals surface area contributed by atoms with Gasteiger partial charge in [-0.05, 0) is 60.5 Å². The Morgan fingerprint density at radius 2 is 1.82 bits per heavy atom. The smallest absolute Gasteiger partial charge is 0.319 e. The van der Waals surface area contributed by atoms with E-state index in [9.17, 15) is 4.79 Å². The van der Waals surface area contributed by atoms with E-state index in [1.807, 2.05) is 28.8 Å². The van der Waals surface area contributed by atoms with E-state index in [1.165, 1.54) is 22.9 Å². The van der Waals surface area contributed by atoms with Gasteiger partial charge in [0.15, 0.2) is 11.0 Å². The highest BCUT2D eigenvalue weighted by molar-refractivity contribution is 9.10. The van der Waals surface area contributed by atoms with E-state index in [0.29, 0.717) is 38.2 Å². The molecule has 0 radical (unpaired) electrons. The van der Waals surface area contributed by atoms with Gasteiger partial charge in [-0.25, -0.2) is 4.79 Å². The van der Waals surface area contributed by atoms with Crippen LogP contribution in [-0.4, -0.2) is 20.8 Å². The second kappa shape index (κ2) is 11.3. The van der Waals surface area contributed by atoms with Crippen molar-refractivity contribution in [1.29, 1.82) is 0 Å². The molecule has 1 aromatic heterocycles. The fraction of sp³-hybridized carbons (Fsp3) is 0.125. The van der Waals surface area contributed by atoms with E-state index < -0.39 is 0 Å². The molecule has 0 aliphatic heterocycles. The molecule has 174 valence electrons. The number of thioether (sulfide) groups is 1. The summed E-state index contributed by atoms with van der Waals surface area (Å²) in [6, 6.07) is 20.4. The molecule has 0 atom stereocenters. The van der Waals surface area contributed by atoms with E-state index >= 15 is 0 Å². The third-order valence-electron chi connectivity index (χ3n) is 4.98. The Morgan fingerprint density at radius 1 is 1.06 bits per heavy atom. The monoisotopic (exact) mass is 575 g/mol. The molecule has 34 heavy (non-hydrogen) atoms. The lowest BCUT2D eigenvalue weighted by molar-refractivity contribution is 0.251. The molecule has 2 amide bonds. The highest BCUT2D eigenvalue weighted by atomic mass is 79.9. The number of carbonyl (C=O) groups excluding carboxylic acids is 1. The van der Waals surface area contributed by atoms with Gasteiger partial charge in [0.1, 0.15) is 0 Å². The maximum atomic E-state index is 12.5. The van der Waals surface area contributed by atoms with Crippen LogP contribution in [0, 0.1) is 6.92 Å². The summed E-state index contributed by atoms with van der Waals surface area (Å²) in [5, 5.41) is 16.0. The van der Waals surface area contributed by atoms with Crippen molar-refractivity contribution < 1.29 is 4.79 Å². The summed E-state index contributed by atoms with van der Waals surface area (Å²) in [4.78, 5) is 12.5. The highest BCUT2D eigenvalue weighted by Crippen LogP contribution is 2.31. The molecule has 6 nitrogen and oxygen atoms in total. The number of halogens is 3. The van der Waals surface area contributed by atoms with Crippen LogP contribution >= 0.6 is 50.9 Å². The summed E-state index contributed by atoms with van der Waals surface area (Å²) in [7, 11) is 0. The van der Waals surface area contributed by atoms with Crippen LogP contribution in [0.2, 0.25) is 10.0 Å². The van der Waals surface area contributed by atoms with Gasteiger partial charge in [0.25, 0.3) is 0 Å². The normalized spacial score (nSPS) is 10.8. The molecule has 10 heteroatoms. The number of urea groups is 1. The van der Waals surface area contributed by atoms with Crippen LogP contribution in [0.15, 0.2) is 76.4 Å². The average Bonchev–Trinajstić information content (AvgIpc) is 3.23. The molecule has 0 spiro atoms. The molecular formula is C24H20BrCl2N5OS. The third kappa shape index (κ3) is 6.13. The van der Waals surface area contributed by atoms with E-state index in [0.717, 1.165) is 4.47 Å². The largest absolute Gasteiger partial charge is 0.331 e. The van der Waals surface area contributed by atoms with E-state index in [2.05, 4.69) is 55.8 Å². The zero-order chi connectivity index (χ0) is 24.1. The second-order valence-corrected chi connectivity index (χ2v) is 10.1. The molecule has 4 aromatic rings. The summed E-state index contributed by atoms with van der Waals surface area (Å²) < 4.78 is 2.76. The van der Waals surface area contributed by atoms with E-state index in [4.69, 9.17) is 23.2 Å². The van der Waals surface area contributed by atoms with Gasteiger partial charge in [0.2, 0.25) is 0 Å². The Hall–Kier alpha value is -2.52. The predicted octanol–water partition coefficient (Wildman–Crippen LogP) is 7.26. The molecule has 2 N–H and O–H groups in total. The standard InChI is InChI=1S/C24H20BrCl2N5OS/c1-15-4-2-3-5-16(15)14-34-24-31-30-22(32(24)21-12-18(26)8-11-20(21)27)13-28-23(33)29-19-9-6-17(25)7-10-19/h2-12H,13-14H2,1H3,(H2,28,29,33). The molecule has 4 rings (SSSR count). The van der Waals surface area contributed by atoms with Gasteiger partial charge < -0.3 is 10.6 Å². The number of hydrogen-bond acceptors (Lipinski definition) is 4. The summed E-state index contributed by atoms with van der Waals surface area (Å²) >= 11 is 17.7. The van der Waals surface area contributed by atoms with Crippen LogP contribution in [0.3, 0.4) is 0 Å². The lowest BCUT2D eigenvalue weighted by Crippen LogP contribution is -2.29. The van der Waals surface area contributed by atoms with Gasteiger partial charge in [-0.3, -0.25) is 4.57 Å². The quantitative estimate of drug-likeness (QED) is 0.227. The minimum Gasteiger partial charge on any atom is -0.331 e. The lowest BCUT2D eigenvalue weighted by Gasteiger charge is -2.13. The zero-order valence-electron chi connectivity index (χ0n) is 18.1. The maximum Gasteiger partial charge on any atom is 0.319 e. The minimum atomic E-state index is -0.358. The first kappa shape index (κ1) is 24.6. The van der Waals surface area contributed by atoms with Gasteiger partial charge in [0, 0.05) is 20.9 Å². The Bertz CT molecular complexity index is 1310. The maximum absolute atomic E-state index is 12.5. The average molecular weight is 577 g/mol. The van der Waals surface area contributed by atoms with Crippen molar-refractivity contribution in [3.05, 3.63) is 98.2 Å². The molecule has 0 saturated heterocycles. The first-order valence-electron chi connectivity index (χ1n) is 10.3. The number of nitrogens with one attached hydrogen (secondary N) is 2. The van der Waals surface area contributed by atoms with Crippen LogP contribution in [0.4, 0.5) is 10.5 Å². The summed E-state index contributed by atoms with van der Waals surface area (Å²) in [6.07, 6.45) is 0. The van der Waals surface area contributed by atoms with Crippen molar-refractivity contribution in [2.75, 3.05) is 5.32 Å². The van der Waals surface area contributed by atoms with Crippen LogP contribution in [0.25, 0.3) is 5.69 Å². The van der Waals surface area contributed by atoms with Gasteiger partial charge in [-0.2, -0.15) is 0 Å². The molecular weight excluding hydrogens is 557 g/mol. The first-order chi connectivity index (χ1) is 16.4. The van der Waals surface area contributed by atoms with Crippen molar-refractivity contribution in [1.82, 2.24) is 20.1 Å². The summed E-state index contributed by atoms with van der Waals surface area (Å²) in [5.41, 5.74) is 3.73. The van der Waals surface area contributed by atoms with Crippen molar-refractivity contribution in [3.8, 4) is 5.69 Å². The van der Waals surface area contributed by atoms with Gasteiger partial charge in [0.05, 0.1) is 17.3 Å². The number of nitrogens with zero attached hydrogens (tertiary/aromatic N) is 3. The topological polar surface area (TPSA) is 71.8 Å². The molecule has 0 unspecified atom stereocenters. The molecule has 0 fully saturated rings. The van der Waals surface area contributed by atoms with Gasteiger partial charge in [-0.1, -0.05) is 75.2 Å². The molecule has 0 aliphatic rings. The van der Waals surface area contributed by atoms with E-state index in [1.54, 1.807) is 30.3 Å². The van der Waals surface area contributed by atoms with Crippen LogP contribution < -0.4 is 10.6 Å². The molecule has 1 heterocycles. The fourth-order valence-electron chi connectivity index (χ4n) is 3.19. The van der Waals surface area contributed by atoms with E-state index in [-0.39, 0.29) is 12.6 Å². The zero-order valence-corrected chi connectivity index (χ0v) is 22.0. The first-order valence-corrected chi connectivity index (χ1v) is 12.8. The number of amides is 2. The number of aromatic nitrogens is 3. The van der Waals surface area contributed by atoms with Crippen molar-refractivity contribution in [2.45, 2.75) is 24.4 Å². The number of anilines is 1. The lowest BCUT2D eigenvalue weighted by atomic mass is 10.1. The second-order valence-electron chi connectivity index (χ2n) is 7.36. The predicted molar refractivity (Wildman–Crippen MR) is 142 cm³/mol. The number of aryl methyl sites for hydroxylation is 1. The van der Waals surface area contributed by atoms with Crippen LogP contribution in [-0.2, 0) is 12.3 Å². The number of rotatable bonds is 7. The molecule has 3 aromatic carbocycles. The summed E-state index contributed by atoms with van der Waals surface area (Å²) in [5.74, 6) is 1.24. The Labute approximate surface area is 220 Å². The van der Waals surface area contributed by atoms with Crippen LogP contribution in [0.1, 0.15) is 17.0 Å². The van der Waals surface area contributed by atoms with Crippen LogP contribution in [0.5, 0.6) is 0 Å². The number of benzene rings is 3.